The van der Waals surface area contributed by atoms with Gasteiger partial charge in [-0.25, -0.2) is 0 Å². The van der Waals surface area contributed by atoms with Crippen molar-refractivity contribution in [3.8, 4) is 0 Å². The van der Waals surface area contributed by atoms with Gasteiger partial charge >= 0.3 is 0 Å². The molecule has 1 aromatic rings. The summed E-state index contributed by atoms with van der Waals surface area (Å²) in [5.41, 5.74) is 0.957. The summed E-state index contributed by atoms with van der Waals surface area (Å²) in [7, 11) is -3.87. The number of unbranched alkanes of at least 4 members (excludes halogenated alkanes) is 1. The van der Waals surface area contributed by atoms with Crippen LogP contribution in [0.1, 0.15) is 56.9 Å². The average molecular weight is 395 g/mol. The van der Waals surface area contributed by atoms with Crippen LogP contribution in [0.15, 0.2) is 41.3 Å². The third-order valence-corrected chi connectivity index (χ3v) is 6.21. The molecule has 0 bridgehead atoms. The van der Waals surface area contributed by atoms with E-state index in [0.717, 1.165) is 37.7 Å². The first-order valence-electron chi connectivity index (χ1n) is 9.72. The zero-order valence-electron chi connectivity index (χ0n) is 16.0. The number of carbonyl (C=O) groups excluding carboxylic acids is 1. The molecule has 1 aromatic carbocycles. The molecule has 1 aliphatic rings. The number of Topliss-reactive ketones (excluding diaryl/α,β-unsaturated/α-hetero) is 1. The highest BCUT2D eigenvalue weighted by Gasteiger charge is 2.20. The van der Waals surface area contributed by atoms with E-state index in [4.69, 9.17) is 4.18 Å². The average Bonchev–Trinajstić information content (AvgIpc) is 2.67. The van der Waals surface area contributed by atoms with Crippen molar-refractivity contribution in [3.05, 3.63) is 42.0 Å². The highest BCUT2D eigenvalue weighted by Crippen LogP contribution is 2.25. The summed E-state index contributed by atoms with van der Waals surface area (Å²) >= 11 is 0. The number of aliphatic hydroxyl groups is 1. The first kappa shape index (κ1) is 21.8. The van der Waals surface area contributed by atoms with Gasteiger partial charge < -0.3 is 5.11 Å². The molecule has 1 aliphatic carbocycles. The van der Waals surface area contributed by atoms with Crippen molar-refractivity contribution in [1.29, 1.82) is 0 Å². The van der Waals surface area contributed by atoms with Crippen LogP contribution in [0, 0.1) is 12.8 Å². The van der Waals surface area contributed by atoms with Crippen LogP contribution in [0.5, 0.6) is 0 Å². The van der Waals surface area contributed by atoms with Crippen molar-refractivity contribution in [1.82, 2.24) is 0 Å². The van der Waals surface area contributed by atoms with Crippen LogP contribution >= 0.6 is 0 Å². The van der Waals surface area contributed by atoms with Crippen molar-refractivity contribution in [2.75, 3.05) is 6.61 Å². The molecule has 0 aromatic heterocycles. The van der Waals surface area contributed by atoms with Crippen molar-refractivity contribution in [3.63, 3.8) is 0 Å². The van der Waals surface area contributed by atoms with Crippen LogP contribution in [-0.2, 0) is 19.1 Å². The molecule has 0 heterocycles. The molecule has 0 radical (unpaired) electrons. The molecular weight excluding hydrogens is 364 g/mol. The third-order valence-electron chi connectivity index (χ3n) is 4.92. The van der Waals surface area contributed by atoms with Gasteiger partial charge in [0.05, 0.1) is 17.6 Å². The highest BCUT2D eigenvalue weighted by atomic mass is 32.2. The number of rotatable bonds is 10. The molecule has 0 saturated heterocycles. The fourth-order valence-electron chi connectivity index (χ4n) is 3.26. The van der Waals surface area contributed by atoms with Gasteiger partial charge in [0.1, 0.15) is 5.78 Å². The maximum atomic E-state index is 12.1. The Hall–Kier alpha value is -1.50. The largest absolute Gasteiger partial charge is 0.387 e. The maximum Gasteiger partial charge on any atom is 0.297 e. The standard InChI is InChI=1S/C21H30O5S/c1-17-12-14-20(15-13-17)27(24,25)26-16-19(22)10-6-3-7-11-21(23)18-8-4-2-5-9-18/h6,10,12-15,18-19,22H,2-5,7-9,11,16H2,1H3/b10-6-/t19-/m1/s1. The van der Waals surface area contributed by atoms with E-state index >= 15 is 0 Å². The number of carbonyl (C=O) groups is 1. The summed E-state index contributed by atoms with van der Waals surface area (Å²) in [6.07, 6.45) is 9.93. The Morgan fingerprint density at radius 2 is 1.89 bits per heavy atom. The lowest BCUT2D eigenvalue weighted by atomic mass is 9.85. The summed E-state index contributed by atoms with van der Waals surface area (Å²) in [5, 5.41) is 9.87. The number of allylic oxidation sites excluding steroid dienone is 1. The van der Waals surface area contributed by atoms with E-state index in [0.29, 0.717) is 18.6 Å². The topological polar surface area (TPSA) is 80.7 Å². The normalized spacial score (nSPS) is 17.3. The summed E-state index contributed by atoms with van der Waals surface area (Å²) in [5.74, 6) is 0.602. The van der Waals surface area contributed by atoms with Crippen molar-refractivity contribution in [2.45, 2.75) is 69.3 Å². The van der Waals surface area contributed by atoms with Crippen LogP contribution in [-0.4, -0.2) is 32.0 Å². The molecule has 1 atom stereocenters. The van der Waals surface area contributed by atoms with Crippen LogP contribution in [0.2, 0.25) is 0 Å². The number of hydrogen-bond acceptors (Lipinski definition) is 5. The fourth-order valence-corrected chi connectivity index (χ4v) is 4.19. The van der Waals surface area contributed by atoms with Gasteiger partial charge in [-0.1, -0.05) is 49.1 Å². The lowest BCUT2D eigenvalue weighted by Crippen LogP contribution is -2.17. The van der Waals surface area contributed by atoms with E-state index in [9.17, 15) is 18.3 Å². The minimum atomic E-state index is -3.87. The SMILES string of the molecule is Cc1ccc(S(=O)(=O)OC[C@H](O)/C=C\CCCC(=O)C2CCCCC2)cc1. The number of aliphatic hydroxyl groups excluding tert-OH is 1. The monoisotopic (exact) mass is 394 g/mol. The summed E-state index contributed by atoms with van der Waals surface area (Å²) in [4.78, 5) is 12.2. The molecule has 150 valence electrons. The lowest BCUT2D eigenvalue weighted by Gasteiger charge is -2.19. The molecule has 0 aliphatic heterocycles. The molecule has 5 nitrogen and oxygen atoms in total. The van der Waals surface area contributed by atoms with Crippen LogP contribution < -0.4 is 0 Å². The number of benzene rings is 1. The lowest BCUT2D eigenvalue weighted by molar-refractivity contribution is -0.123. The predicted molar refractivity (Wildman–Crippen MR) is 105 cm³/mol. The molecule has 0 unspecified atom stereocenters. The van der Waals surface area contributed by atoms with E-state index in [1.165, 1.54) is 24.6 Å². The van der Waals surface area contributed by atoms with Gasteiger partial charge in [0.2, 0.25) is 0 Å². The van der Waals surface area contributed by atoms with E-state index < -0.39 is 16.2 Å². The molecule has 1 N–H and O–H groups in total. The first-order chi connectivity index (χ1) is 12.9. The number of ketones is 1. The van der Waals surface area contributed by atoms with Crippen LogP contribution in [0.4, 0.5) is 0 Å². The quantitative estimate of drug-likeness (QED) is 0.369. The number of hydrogen-bond donors (Lipinski definition) is 1. The van der Waals surface area contributed by atoms with Gasteiger partial charge in [0, 0.05) is 12.3 Å². The molecule has 0 amide bonds. The van der Waals surface area contributed by atoms with Gasteiger partial charge in [-0.2, -0.15) is 8.42 Å². The molecule has 0 spiro atoms. The maximum absolute atomic E-state index is 12.1. The second-order valence-electron chi connectivity index (χ2n) is 7.24. The zero-order chi connectivity index (χ0) is 19.7. The van der Waals surface area contributed by atoms with Gasteiger partial charge in [0.15, 0.2) is 0 Å². The Bertz CT molecular complexity index is 715. The minimum absolute atomic E-state index is 0.0745. The second-order valence-corrected chi connectivity index (χ2v) is 8.86. The van der Waals surface area contributed by atoms with Crippen molar-refractivity contribution in [2.24, 2.45) is 5.92 Å². The Kier molecular flexibility index (Phi) is 8.67. The minimum Gasteiger partial charge on any atom is -0.387 e. The third kappa shape index (κ3) is 7.56. The smallest absolute Gasteiger partial charge is 0.297 e. The van der Waals surface area contributed by atoms with E-state index in [2.05, 4.69) is 0 Å². The van der Waals surface area contributed by atoms with Crippen molar-refractivity contribution >= 4 is 15.9 Å². The summed E-state index contributed by atoms with van der Waals surface area (Å²) < 4.78 is 29.0. The predicted octanol–water partition coefficient (Wildman–Crippen LogP) is 3.94. The highest BCUT2D eigenvalue weighted by molar-refractivity contribution is 7.86. The second kappa shape index (κ2) is 10.7. The van der Waals surface area contributed by atoms with Gasteiger partial charge in [-0.05, 0) is 44.7 Å². The zero-order valence-corrected chi connectivity index (χ0v) is 16.8. The molecule has 6 heteroatoms. The van der Waals surface area contributed by atoms with E-state index in [1.807, 2.05) is 6.92 Å². The van der Waals surface area contributed by atoms with Gasteiger partial charge in [0.25, 0.3) is 10.1 Å². The number of aryl methyl sites for hydroxylation is 1. The summed E-state index contributed by atoms with van der Waals surface area (Å²) in [6, 6.07) is 6.36. The first-order valence-corrected chi connectivity index (χ1v) is 11.1. The molecular formula is C21H30O5S. The molecule has 1 fully saturated rings. The van der Waals surface area contributed by atoms with Gasteiger partial charge in [-0.3, -0.25) is 8.98 Å². The van der Waals surface area contributed by atoms with Crippen molar-refractivity contribution < 1.29 is 22.5 Å². The Labute approximate surface area is 162 Å². The van der Waals surface area contributed by atoms with E-state index in [1.54, 1.807) is 18.2 Å². The van der Waals surface area contributed by atoms with Crippen LogP contribution in [0.3, 0.4) is 0 Å². The Morgan fingerprint density at radius 3 is 2.56 bits per heavy atom. The fraction of sp³-hybridized carbons (Fsp3) is 0.571. The van der Waals surface area contributed by atoms with Crippen LogP contribution in [0.25, 0.3) is 0 Å². The van der Waals surface area contributed by atoms with E-state index in [-0.39, 0.29) is 17.4 Å². The van der Waals surface area contributed by atoms with Gasteiger partial charge in [-0.15, -0.1) is 0 Å². The molecule has 27 heavy (non-hydrogen) atoms. The Morgan fingerprint density at radius 1 is 1.22 bits per heavy atom. The molecule has 1 saturated carbocycles. The Balaban J connectivity index is 1.66. The molecule has 2 rings (SSSR count). The summed E-state index contributed by atoms with van der Waals surface area (Å²) in [6.45, 7) is 1.54.